The zero-order valence-corrected chi connectivity index (χ0v) is 12.6. The highest BCUT2D eigenvalue weighted by Gasteiger charge is 2.10. The number of rotatable bonds is 6. The van der Waals surface area contributed by atoms with E-state index in [2.05, 4.69) is 5.32 Å². The average Bonchev–Trinajstić information content (AvgIpc) is 2.59. The van der Waals surface area contributed by atoms with E-state index < -0.39 is 11.9 Å². The number of benzene rings is 2. The number of carbonyl (C=O) groups is 2. The average molecular weight is 315 g/mol. The fraction of sp³-hybridized carbons (Fsp3) is 0.176. The van der Waals surface area contributed by atoms with Gasteiger partial charge in [0.1, 0.15) is 11.5 Å². The third-order valence-corrected chi connectivity index (χ3v) is 3.09. The predicted octanol–water partition coefficient (Wildman–Crippen LogP) is 1.87. The SMILES string of the molecule is COc1ccc(CNC(=O)COC(=O)c2ccc(O)cc2)cc1. The van der Waals surface area contributed by atoms with Gasteiger partial charge in [-0.25, -0.2) is 4.79 Å². The molecule has 0 aliphatic heterocycles. The normalized spacial score (nSPS) is 9.96. The van der Waals surface area contributed by atoms with Crippen LogP contribution in [0.2, 0.25) is 0 Å². The number of nitrogens with one attached hydrogen (secondary N) is 1. The molecule has 6 heteroatoms. The summed E-state index contributed by atoms with van der Waals surface area (Å²) in [7, 11) is 1.58. The molecule has 0 saturated heterocycles. The van der Waals surface area contributed by atoms with Crippen LogP contribution in [0.4, 0.5) is 0 Å². The summed E-state index contributed by atoms with van der Waals surface area (Å²) in [6, 6.07) is 12.9. The molecule has 2 aromatic carbocycles. The molecule has 2 rings (SSSR count). The Kier molecular flexibility index (Phi) is 5.57. The molecule has 2 aromatic rings. The highest BCUT2D eigenvalue weighted by molar-refractivity contribution is 5.91. The number of phenols is 1. The van der Waals surface area contributed by atoms with Crippen LogP contribution < -0.4 is 10.1 Å². The Hall–Kier alpha value is -3.02. The summed E-state index contributed by atoms with van der Waals surface area (Å²) in [6.07, 6.45) is 0. The van der Waals surface area contributed by atoms with Gasteiger partial charge >= 0.3 is 5.97 Å². The molecule has 2 N–H and O–H groups in total. The van der Waals surface area contributed by atoms with E-state index in [-0.39, 0.29) is 17.9 Å². The van der Waals surface area contributed by atoms with Crippen molar-refractivity contribution >= 4 is 11.9 Å². The standard InChI is InChI=1S/C17H17NO5/c1-22-15-8-2-12(3-9-15)10-18-16(20)11-23-17(21)13-4-6-14(19)7-5-13/h2-9,19H,10-11H2,1H3,(H,18,20). The van der Waals surface area contributed by atoms with Crippen LogP contribution in [0.5, 0.6) is 11.5 Å². The third-order valence-electron chi connectivity index (χ3n) is 3.09. The van der Waals surface area contributed by atoms with Crippen LogP contribution in [0.15, 0.2) is 48.5 Å². The van der Waals surface area contributed by atoms with E-state index in [0.29, 0.717) is 6.54 Å². The van der Waals surface area contributed by atoms with Crippen molar-refractivity contribution < 1.29 is 24.2 Å². The van der Waals surface area contributed by atoms with Crippen LogP contribution in [0.1, 0.15) is 15.9 Å². The summed E-state index contributed by atoms with van der Waals surface area (Å²) in [4.78, 5) is 23.4. The van der Waals surface area contributed by atoms with Crippen LogP contribution >= 0.6 is 0 Å². The summed E-state index contributed by atoms with van der Waals surface area (Å²) in [5.74, 6) is -0.223. The summed E-state index contributed by atoms with van der Waals surface area (Å²) >= 11 is 0. The quantitative estimate of drug-likeness (QED) is 0.795. The number of amides is 1. The maximum atomic E-state index is 11.7. The molecule has 0 bridgehead atoms. The molecule has 0 fully saturated rings. The Morgan fingerprint density at radius 3 is 2.30 bits per heavy atom. The number of hydrogen-bond acceptors (Lipinski definition) is 5. The van der Waals surface area contributed by atoms with Gasteiger partial charge < -0.3 is 19.9 Å². The molecule has 0 radical (unpaired) electrons. The predicted molar refractivity (Wildman–Crippen MR) is 83.2 cm³/mol. The third kappa shape index (κ3) is 5.03. The molecular formula is C17H17NO5. The van der Waals surface area contributed by atoms with Crippen LogP contribution in [0, 0.1) is 0 Å². The molecule has 0 aromatic heterocycles. The molecule has 23 heavy (non-hydrogen) atoms. The topological polar surface area (TPSA) is 84.9 Å². The van der Waals surface area contributed by atoms with E-state index in [9.17, 15) is 9.59 Å². The molecule has 0 unspecified atom stereocenters. The van der Waals surface area contributed by atoms with Crippen molar-refractivity contribution in [2.75, 3.05) is 13.7 Å². The van der Waals surface area contributed by atoms with Gasteiger partial charge in [-0.1, -0.05) is 12.1 Å². The lowest BCUT2D eigenvalue weighted by molar-refractivity contribution is -0.124. The maximum Gasteiger partial charge on any atom is 0.338 e. The minimum atomic E-state index is -0.621. The molecule has 6 nitrogen and oxygen atoms in total. The van der Waals surface area contributed by atoms with Gasteiger partial charge in [-0.05, 0) is 42.0 Å². The molecule has 0 heterocycles. The van der Waals surface area contributed by atoms with Gasteiger partial charge in [-0.3, -0.25) is 4.79 Å². The van der Waals surface area contributed by atoms with Gasteiger partial charge in [0.25, 0.3) is 5.91 Å². The first-order valence-electron chi connectivity index (χ1n) is 6.94. The molecule has 0 saturated carbocycles. The first kappa shape index (κ1) is 16.4. The Balaban J connectivity index is 1.76. The number of hydrogen-bond donors (Lipinski definition) is 2. The number of ether oxygens (including phenoxy) is 2. The minimum absolute atomic E-state index is 0.0544. The Morgan fingerprint density at radius 1 is 1.04 bits per heavy atom. The second-order valence-electron chi connectivity index (χ2n) is 4.75. The van der Waals surface area contributed by atoms with Crippen LogP contribution in [-0.4, -0.2) is 30.7 Å². The molecule has 0 aliphatic rings. The van der Waals surface area contributed by atoms with Crippen molar-refractivity contribution in [3.63, 3.8) is 0 Å². The molecule has 1 amide bonds. The molecule has 0 spiro atoms. The number of esters is 1. The van der Waals surface area contributed by atoms with Crippen molar-refractivity contribution in [1.82, 2.24) is 5.32 Å². The lowest BCUT2D eigenvalue weighted by Crippen LogP contribution is -2.28. The van der Waals surface area contributed by atoms with E-state index in [1.165, 1.54) is 24.3 Å². The van der Waals surface area contributed by atoms with Crippen molar-refractivity contribution in [3.05, 3.63) is 59.7 Å². The fourth-order valence-corrected chi connectivity index (χ4v) is 1.81. The van der Waals surface area contributed by atoms with Gasteiger partial charge in [-0.15, -0.1) is 0 Å². The maximum absolute atomic E-state index is 11.7. The monoisotopic (exact) mass is 315 g/mol. The first-order valence-corrected chi connectivity index (χ1v) is 6.94. The van der Waals surface area contributed by atoms with Crippen molar-refractivity contribution in [1.29, 1.82) is 0 Å². The van der Waals surface area contributed by atoms with Crippen molar-refractivity contribution in [2.24, 2.45) is 0 Å². The number of aromatic hydroxyl groups is 1. The fourth-order valence-electron chi connectivity index (χ4n) is 1.81. The summed E-state index contributed by atoms with van der Waals surface area (Å²) in [6.45, 7) is -0.0323. The Labute approximate surface area is 133 Å². The van der Waals surface area contributed by atoms with Crippen LogP contribution in [0.3, 0.4) is 0 Å². The molecule has 120 valence electrons. The summed E-state index contributed by atoms with van der Waals surface area (Å²) < 4.78 is 9.95. The molecular weight excluding hydrogens is 298 g/mol. The highest BCUT2D eigenvalue weighted by Crippen LogP contribution is 2.11. The van der Waals surface area contributed by atoms with Crippen LogP contribution in [-0.2, 0) is 16.1 Å². The Bertz CT molecular complexity index is 664. The van der Waals surface area contributed by atoms with Gasteiger partial charge in [0, 0.05) is 6.54 Å². The number of carbonyl (C=O) groups excluding carboxylic acids is 2. The van der Waals surface area contributed by atoms with Gasteiger partial charge in [-0.2, -0.15) is 0 Å². The summed E-state index contributed by atoms with van der Waals surface area (Å²) in [5.41, 5.74) is 1.18. The number of methoxy groups -OCH3 is 1. The zero-order valence-electron chi connectivity index (χ0n) is 12.6. The van der Waals surface area contributed by atoms with E-state index in [1.807, 2.05) is 12.1 Å². The van der Waals surface area contributed by atoms with Gasteiger partial charge in [0.05, 0.1) is 12.7 Å². The van der Waals surface area contributed by atoms with E-state index in [4.69, 9.17) is 14.6 Å². The largest absolute Gasteiger partial charge is 0.508 e. The van der Waals surface area contributed by atoms with Crippen LogP contribution in [0.25, 0.3) is 0 Å². The van der Waals surface area contributed by atoms with Gasteiger partial charge in [0.2, 0.25) is 0 Å². The van der Waals surface area contributed by atoms with E-state index >= 15 is 0 Å². The lowest BCUT2D eigenvalue weighted by Gasteiger charge is -2.07. The zero-order chi connectivity index (χ0) is 16.7. The highest BCUT2D eigenvalue weighted by atomic mass is 16.5. The Morgan fingerprint density at radius 2 is 1.70 bits per heavy atom. The van der Waals surface area contributed by atoms with Gasteiger partial charge in [0.15, 0.2) is 6.61 Å². The minimum Gasteiger partial charge on any atom is -0.508 e. The van der Waals surface area contributed by atoms with E-state index in [1.54, 1.807) is 19.2 Å². The lowest BCUT2D eigenvalue weighted by atomic mass is 10.2. The second-order valence-corrected chi connectivity index (χ2v) is 4.75. The smallest absolute Gasteiger partial charge is 0.338 e. The van der Waals surface area contributed by atoms with Crippen molar-refractivity contribution in [2.45, 2.75) is 6.54 Å². The second kappa shape index (κ2) is 7.84. The summed E-state index contributed by atoms with van der Waals surface area (Å²) in [5, 5.41) is 11.8. The van der Waals surface area contributed by atoms with E-state index in [0.717, 1.165) is 11.3 Å². The molecule has 0 aliphatic carbocycles. The number of phenolic OH excluding ortho intramolecular Hbond substituents is 1. The van der Waals surface area contributed by atoms with Crippen molar-refractivity contribution in [3.8, 4) is 11.5 Å². The first-order chi connectivity index (χ1) is 11.1. The molecule has 0 atom stereocenters.